The number of hydrogen-bond acceptors (Lipinski definition) is 2. The second-order valence-electron chi connectivity index (χ2n) is 13.5. The fraction of sp³-hybridized carbons (Fsp3) is 0.256. The Labute approximate surface area is 277 Å². The minimum atomic E-state index is -0.893. The molecule has 3 unspecified atom stereocenters. The van der Waals surface area contributed by atoms with Crippen LogP contribution in [0.25, 0.3) is 22.2 Å². The Hall–Kier alpha value is -4.80. The lowest BCUT2D eigenvalue weighted by Crippen LogP contribution is -2.45. The number of allylic oxidation sites excluding steroid dienone is 9. The van der Waals surface area contributed by atoms with Crippen molar-refractivity contribution in [3.05, 3.63) is 150 Å². The zero-order valence-electron chi connectivity index (χ0n) is 27.1. The molecule has 4 nitrogen and oxygen atoms in total. The largest absolute Gasteiger partial charge is 0.387 e. The van der Waals surface area contributed by atoms with Crippen LogP contribution in [-0.4, -0.2) is 38.4 Å². The number of fused-ring (bicyclic) bond motifs is 2. The van der Waals surface area contributed by atoms with Crippen LogP contribution in [0.15, 0.2) is 139 Å². The van der Waals surface area contributed by atoms with Crippen molar-refractivity contribution in [1.82, 2.24) is 4.57 Å². The van der Waals surface area contributed by atoms with E-state index in [9.17, 15) is 9.90 Å². The number of aliphatic hydroxyl groups is 1. The van der Waals surface area contributed by atoms with Crippen LogP contribution in [0.2, 0.25) is 0 Å². The van der Waals surface area contributed by atoms with Gasteiger partial charge in [-0.05, 0) is 43.4 Å². The number of rotatable bonds is 9. The van der Waals surface area contributed by atoms with E-state index in [2.05, 4.69) is 126 Å². The highest BCUT2D eigenvalue weighted by molar-refractivity contribution is 6.17. The van der Waals surface area contributed by atoms with Crippen LogP contribution >= 0.6 is 0 Å². The molecule has 234 valence electrons. The van der Waals surface area contributed by atoms with Crippen molar-refractivity contribution in [2.45, 2.75) is 50.7 Å². The third kappa shape index (κ3) is 4.77. The molecular formula is C43H41N2O2+. The summed E-state index contributed by atoms with van der Waals surface area (Å²) < 4.78 is 4.72. The Morgan fingerprint density at radius 1 is 0.851 bits per heavy atom. The summed E-state index contributed by atoms with van der Waals surface area (Å²) in [4.78, 5) is 14.5. The number of ketones is 1. The molecule has 1 saturated carbocycles. The van der Waals surface area contributed by atoms with Crippen molar-refractivity contribution in [3.8, 4) is 11.3 Å². The summed E-state index contributed by atoms with van der Waals surface area (Å²) in [6.07, 6.45) is 20.6. The SMILES string of the molecule is CCn1c(-c2ccccc2)c(C2C(=O)C(=CC3=[N+](CCC4C=CC=C4)c4ccccc4C3(C)CC3C=CC=C3)C2O)c2ccccc21. The number of hydrogen-bond donors (Lipinski definition) is 1. The number of nitrogens with zero attached hydrogens (tertiary/aromatic N) is 2. The molecule has 47 heavy (non-hydrogen) atoms. The quantitative estimate of drug-likeness (QED) is 0.151. The Bertz CT molecular complexity index is 2050. The first-order chi connectivity index (χ1) is 23.0. The molecule has 3 atom stereocenters. The van der Waals surface area contributed by atoms with Crippen molar-refractivity contribution in [1.29, 1.82) is 0 Å². The Morgan fingerprint density at radius 2 is 1.51 bits per heavy atom. The average molecular weight is 618 g/mol. The van der Waals surface area contributed by atoms with Crippen molar-refractivity contribution < 1.29 is 14.5 Å². The van der Waals surface area contributed by atoms with E-state index in [0.717, 1.165) is 59.4 Å². The van der Waals surface area contributed by atoms with E-state index < -0.39 is 12.0 Å². The van der Waals surface area contributed by atoms with E-state index in [1.54, 1.807) is 0 Å². The van der Waals surface area contributed by atoms with E-state index in [4.69, 9.17) is 0 Å². The van der Waals surface area contributed by atoms with Gasteiger partial charge in [-0.25, -0.2) is 0 Å². The van der Waals surface area contributed by atoms with Gasteiger partial charge in [-0.15, -0.1) is 0 Å². The number of carbonyl (C=O) groups is 1. The minimum absolute atomic E-state index is 0.0155. The third-order valence-electron chi connectivity index (χ3n) is 10.8. The molecule has 4 heteroatoms. The van der Waals surface area contributed by atoms with Gasteiger partial charge in [-0.1, -0.05) is 115 Å². The van der Waals surface area contributed by atoms with E-state index in [-0.39, 0.29) is 11.2 Å². The highest BCUT2D eigenvalue weighted by Crippen LogP contribution is 2.49. The van der Waals surface area contributed by atoms with Crippen LogP contribution in [0.5, 0.6) is 0 Å². The van der Waals surface area contributed by atoms with Gasteiger partial charge in [0.25, 0.3) is 0 Å². The summed E-state index contributed by atoms with van der Waals surface area (Å²) in [5, 5.41) is 13.1. The standard InChI is InChI=1S/C43H41N2O2/c1-3-44-35-23-13-11-21-32(35)38(40(44)31-19-5-4-6-20-31)39-41(46)33(42(39)47)27-37-43(2,28-30-17-9-10-18-30)34-22-12-14-24-36(34)45(37)26-25-29-15-7-8-16-29/h4-24,27,29-30,39,41,46H,3,25-26,28H2,1-2H3/q+1. The molecule has 0 bridgehead atoms. The van der Waals surface area contributed by atoms with Gasteiger partial charge < -0.3 is 9.67 Å². The second kappa shape index (κ2) is 11.8. The number of para-hydroxylation sites is 2. The minimum Gasteiger partial charge on any atom is -0.387 e. The summed E-state index contributed by atoms with van der Waals surface area (Å²) in [6, 6.07) is 27.3. The van der Waals surface area contributed by atoms with Gasteiger partial charge in [0.05, 0.1) is 23.1 Å². The fourth-order valence-corrected chi connectivity index (χ4v) is 8.49. The lowest BCUT2D eigenvalue weighted by molar-refractivity contribution is -0.439. The normalized spacial score (nSPS) is 24.4. The van der Waals surface area contributed by atoms with Crippen LogP contribution in [0, 0.1) is 11.8 Å². The molecular weight excluding hydrogens is 576 g/mol. The number of aromatic nitrogens is 1. The van der Waals surface area contributed by atoms with Crippen molar-refractivity contribution in [2.24, 2.45) is 11.8 Å². The molecule has 3 aliphatic carbocycles. The average Bonchev–Trinajstić information content (AvgIpc) is 3.91. The summed E-state index contributed by atoms with van der Waals surface area (Å²) in [5.41, 5.74) is 7.89. The van der Waals surface area contributed by atoms with Crippen LogP contribution in [0.4, 0.5) is 5.69 Å². The predicted octanol–water partition coefficient (Wildman–Crippen LogP) is 8.60. The van der Waals surface area contributed by atoms with E-state index in [1.165, 1.54) is 11.3 Å². The van der Waals surface area contributed by atoms with E-state index in [1.807, 2.05) is 30.3 Å². The molecule has 1 N–H and O–H groups in total. The van der Waals surface area contributed by atoms with Crippen molar-refractivity contribution in [2.75, 3.05) is 6.54 Å². The molecule has 4 aromatic rings. The highest BCUT2D eigenvalue weighted by atomic mass is 16.3. The Kier molecular flexibility index (Phi) is 7.41. The first kappa shape index (κ1) is 29.6. The topological polar surface area (TPSA) is 45.2 Å². The Balaban J connectivity index is 1.25. The molecule has 4 aliphatic rings. The number of benzene rings is 3. The van der Waals surface area contributed by atoms with Crippen LogP contribution in [0.1, 0.15) is 43.7 Å². The lowest BCUT2D eigenvalue weighted by Gasteiger charge is -2.35. The third-order valence-corrected chi connectivity index (χ3v) is 10.8. The second-order valence-corrected chi connectivity index (χ2v) is 13.5. The molecule has 0 saturated heterocycles. The van der Waals surface area contributed by atoms with Gasteiger partial charge in [0, 0.05) is 53.1 Å². The van der Waals surface area contributed by atoms with Crippen LogP contribution < -0.4 is 0 Å². The Morgan fingerprint density at radius 3 is 2.23 bits per heavy atom. The van der Waals surface area contributed by atoms with Crippen molar-refractivity contribution in [3.63, 3.8) is 0 Å². The maximum absolute atomic E-state index is 14.5. The molecule has 0 spiro atoms. The van der Waals surface area contributed by atoms with Crippen molar-refractivity contribution >= 4 is 28.1 Å². The molecule has 1 fully saturated rings. The van der Waals surface area contributed by atoms with Crippen LogP contribution in [0.3, 0.4) is 0 Å². The first-order valence-electron chi connectivity index (χ1n) is 17.0. The maximum atomic E-state index is 14.5. The molecule has 3 aromatic carbocycles. The maximum Gasteiger partial charge on any atom is 0.209 e. The molecule has 0 radical (unpaired) electrons. The molecule has 8 rings (SSSR count). The highest BCUT2D eigenvalue weighted by Gasteiger charge is 2.53. The summed E-state index contributed by atoms with van der Waals surface area (Å²) in [5.74, 6) is 0.108. The van der Waals surface area contributed by atoms with E-state index in [0.29, 0.717) is 17.4 Å². The van der Waals surface area contributed by atoms with Gasteiger partial charge >= 0.3 is 0 Å². The lowest BCUT2D eigenvalue weighted by atomic mass is 9.67. The number of aliphatic hydroxyl groups excluding tert-OH is 1. The van der Waals surface area contributed by atoms with Gasteiger partial charge in [0.2, 0.25) is 5.69 Å². The molecule has 0 amide bonds. The number of carbonyl (C=O) groups excluding carboxylic acids is 1. The van der Waals surface area contributed by atoms with Gasteiger partial charge in [-0.2, -0.15) is 4.58 Å². The smallest absolute Gasteiger partial charge is 0.209 e. The monoisotopic (exact) mass is 617 g/mol. The zero-order chi connectivity index (χ0) is 32.1. The predicted molar refractivity (Wildman–Crippen MR) is 191 cm³/mol. The fourth-order valence-electron chi connectivity index (χ4n) is 8.49. The summed E-state index contributed by atoms with van der Waals surface area (Å²) in [7, 11) is 0. The molecule has 2 heterocycles. The number of aryl methyl sites for hydroxylation is 1. The van der Waals surface area contributed by atoms with Gasteiger partial charge in [-0.3, -0.25) is 4.79 Å². The summed E-state index contributed by atoms with van der Waals surface area (Å²) >= 11 is 0. The number of Topliss-reactive ketones (excluding diaryl/α,β-unsaturated/α-hetero) is 1. The van der Waals surface area contributed by atoms with Crippen LogP contribution in [-0.2, 0) is 16.8 Å². The van der Waals surface area contributed by atoms with E-state index >= 15 is 0 Å². The molecule has 1 aliphatic heterocycles. The summed E-state index contributed by atoms with van der Waals surface area (Å²) in [6.45, 7) is 6.06. The van der Waals surface area contributed by atoms with Gasteiger partial charge in [0.1, 0.15) is 6.54 Å². The first-order valence-corrected chi connectivity index (χ1v) is 17.0. The zero-order valence-corrected chi connectivity index (χ0v) is 27.1. The van der Waals surface area contributed by atoms with Gasteiger partial charge in [0.15, 0.2) is 11.5 Å². The molecule has 1 aromatic heterocycles.